The van der Waals surface area contributed by atoms with E-state index in [9.17, 15) is 14.9 Å². The van der Waals surface area contributed by atoms with Crippen molar-refractivity contribution in [1.29, 1.82) is 5.26 Å². The number of hydrogen-bond acceptors (Lipinski definition) is 5. The summed E-state index contributed by atoms with van der Waals surface area (Å²) in [4.78, 5) is 30.5. The number of carbonyl (C=O) groups is 1. The van der Waals surface area contributed by atoms with Gasteiger partial charge in [0.25, 0.3) is 5.56 Å². The predicted molar refractivity (Wildman–Crippen MR) is 132 cm³/mol. The topological polar surface area (TPSA) is 87.8 Å². The number of anilines is 1. The molecule has 164 valence electrons. The van der Waals surface area contributed by atoms with Crippen molar-refractivity contribution >= 4 is 45.9 Å². The van der Waals surface area contributed by atoms with Gasteiger partial charge < -0.3 is 5.32 Å². The largest absolute Gasteiger partial charge is 0.324 e. The summed E-state index contributed by atoms with van der Waals surface area (Å²) in [6.07, 6.45) is 0. The molecule has 1 aromatic heterocycles. The van der Waals surface area contributed by atoms with Crippen LogP contribution >= 0.6 is 23.4 Å². The summed E-state index contributed by atoms with van der Waals surface area (Å²) in [5.74, 6) is -0.321. The number of aromatic nitrogens is 2. The second kappa shape index (κ2) is 9.90. The molecule has 0 saturated heterocycles. The Kier molecular flexibility index (Phi) is 6.78. The molecule has 33 heavy (non-hydrogen) atoms. The van der Waals surface area contributed by atoms with Crippen molar-refractivity contribution < 1.29 is 4.79 Å². The molecule has 1 N–H and O–H groups in total. The number of para-hydroxylation sites is 1. The Balaban J connectivity index is 1.62. The molecule has 0 aliphatic heterocycles. The fourth-order valence-corrected chi connectivity index (χ4v) is 4.28. The number of amides is 1. The summed E-state index contributed by atoms with van der Waals surface area (Å²) in [7, 11) is 0. The first-order valence-corrected chi connectivity index (χ1v) is 11.5. The van der Waals surface area contributed by atoms with Crippen molar-refractivity contribution in [3.05, 3.63) is 98.8 Å². The number of nitrogens with zero attached hydrogens (tertiary/aromatic N) is 3. The number of benzene rings is 3. The summed E-state index contributed by atoms with van der Waals surface area (Å²) in [5, 5.41) is 13.4. The normalized spacial score (nSPS) is 10.7. The Morgan fingerprint density at radius 2 is 1.91 bits per heavy atom. The van der Waals surface area contributed by atoms with Crippen molar-refractivity contribution in [2.24, 2.45) is 0 Å². The first kappa shape index (κ1) is 22.6. The number of halogens is 1. The summed E-state index contributed by atoms with van der Waals surface area (Å²) in [5.41, 5.74) is 3.17. The van der Waals surface area contributed by atoms with Gasteiger partial charge >= 0.3 is 0 Å². The van der Waals surface area contributed by atoms with Crippen LogP contribution in [0.5, 0.6) is 0 Å². The van der Waals surface area contributed by atoms with Gasteiger partial charge in [-0.3, -0.25) is 14.2 Å². The number of fused-ring (bicyclic) bond motifs is 1. The number of hydrogen-bond donors (Lipinski definition) is 1. The maximum absolute atomic E-state index is 13.2. The highest BCUT2D eigenvalue weighted by Crippen LogP contribution is 2.23. The molecule has 0 aliphatic rings. The number of aryl methyl sites for hydroxylation is 1. The van der Waals surface area contributed by atoms with Gasteiger partial charge in [0.15, 0.2) is 5.16 Å². The van der Waals surface area contributed by atoms with E-state index in [1.807, 2.05) is 43.3 Å². The molecule has 4 rings (SSSR count). The van der Waals surface area contributed by atoms with E-state index in [-0.39, 0.29) is 17.2 Å². The monoisotopic (exact) mass is 474 g/mol. The first-order chi connectivity index (χ1) is 15.9. The van der Waals surface area contributed by atoms with Crippen LogP contribution in [0.15, 0.2) is 76.7 Å². The van der Waals surface area contributed by atoms with Crippen LogP contribution in [0, 0.1) is 18.3 Å². The van der Waals surface area contributed by atoms with E-state index < -0.39 is 0 Å². The van der Waals surface area contributed by atoms with Gasteiger partial charge in [-0.05, 0) is 42.8 Å². The molecule has 0 saturated carbocycles. The quantitative estimate of drug-likeness (QED) is 0.313. The Morgan fingerprint density at radius 1 is 1.15 bits per heavy atom. The van der Waals surface area contributed by atoms with E-state index in [4.69, 9.17) is 11.6 Å². The fraction of sp³-hybridized carbons (Fsp3) is 0.120. The molecular formula is C25H19ClN4O2S. The van der Waals surface area contributed by atoms with Gasteiger partial charge in [-0.2, -0.15) is 5.26 Å². The molecule has 0 spiro atoms. The second-order valence-corrected chi connectivity index (χ2v) is 8.81. The van der Waals surface area contributed by atoms with Gasteiger partial charge in [0.1, 0.15) is 6.07 Å². The average Bonchev–Trinajstić information content (AvgIpc) is 2.81. The van der Waals surface area contributed by atoms with E-state index in [2.05, 4.69) is 10.3 Å². The van der Waals surface area contributed by atoms with Crippen LogP contribution in [0.1, 0.15) is 16.7 Å². The van der Waals surface area contributed by atoms with Gasteiger partial charge in [-0.25, -0.2) is 4.98 Å². The fourth-order valence-electron chi connectivity index (χ4n) is 3.31. The highest BCUT2D eigenvalue weighted by atomic mass is 35.5. The molecule has 8 heteroatoms. The van der Waals surface area contributed by atoms with Gasteiger partial charge in [-0.15, -0.1) is 0 Å². The van der Waals surface area contributed by atoms with Gasteiger partial charge in [0, 0.05) is 5.02 Å². The van der Waals surface area contributed by atoms with E-state index in [0.29, 0.717) is 38.9 Å². The van der Waals surface area contributed by atoms with E-state index in [0.717, 1.165) is 11.1 Å². The number of nitriles is 1. The van der Waals surface area contributed by atoms with Crippen LogP contribution in [-0.2, 0) is 11.3 Å². The Bertz CT molecular complexity index is 1440. The van der Waals surface area contributed by atoms with Crippen LogP contribution in [0.4, 0.5) is 5.69 Å². The van der Waals surface area contributed by atoms with Crippen LogP contribution in [-0.4, -0.2) is 21.2 Å². The molecule has 1 heterocycles. The van der Waals surface area contributed by atoms with E-state index >= 15 is 0 Å². The molecular weight excluding hydrogens is 456 g/mol. The highest BCUT2D eigenvalue weighted by molar-refractivity contribution is 7.99. The highest BCUT2D eigenvalue weighted by Gasteiger charge is 2.15. The third kappa shape index (κ3) is 5.25. The molecule has 0 bridgehead atoms. The van der Waals surface area contributed by atoms with Crippen molar-refractivity contribution in [1.82, 2.24) is 9.55 Å². The van der Waals surface area contributed by atoms with Crippen LogP contribution < -0.4 is 10.9 Å². The first-order valence-electron chi connectivity index (χ1n) is 10.1. The second-order valence-electron chi connectivity index (χ2n) is 7.43. The molecule has 0 unspecified atom stereocenters. The summed E-state index contributed by atoms with van der Waals surface area (Å²) in [6.45, 7) is 2.35. The Morgan fingerprint density at radius 3 is 2.67 bits per heavy atom. The maximum atomic E-state index is 13.2. The van der Waals surface area contributed by atoms with Crippen molar-refractivity contribution in [2.75, 3.05) is 11.1 Å². The van der Waals surface area contributed by atoms with Gasteiger partial charge in [-0.1, -0.05) is 65.3 Å². The summed E-state index contributed by atoms with van der Waals surface area (Å²) >= 11 is 7.16. The van der Waals surface area contributed by atoms with E-state index in [1.54, 1.807) is 34.9 Å². The third-order valence-electron chi connectivity index (χ3n) is 5.00. The van der Waals surface area contributed by atoms with Crippen LogP contribution in [0.25, 0.3) is 10.9 Å². The zero-order chi connectivity index (χ0) is 23.4. The summed E-state index contributed by atoms with van der Waals surface area (Å²) < 4.78 is 1.59. The van der Waals surface area contributed by atoms with E-state index in [1.165, 1.54) is 17.8 Å². The third-order valence-corrected chi connectivity index (χ3v) is 6.21. The predicted octanol–water partition coefficient (Wildman–Crippen LogP) is 5.01. The zero-order valence-corrected chi connectivity index (χ0v) is 19.3. The molecule has 6 nitrogen and oxygen atoms in total. The van der Waals surface area contributed by atoms with Crippen molar-refractivity contribution in [3.8, 4) is 6.07 Å². The van der Waals surface area contributed by atoms with Crippen LogP contribution in [0.3, 0.4) is 0 Å². The lowest BCUT2D eigenvalue weighted by Crippen LogP contribution is -2.25. The summed E-state index contributed by atoms with van der Waals surface area (Å²) in [6, 6.07) is 21.8. The Labute approximate surface area is 199 Å². The number of carbonyl (C=O) groups excluding carboxylic acids is 1. The standard InChI is InChI=1S/C25H19ClN4O2S/c1-16-6-8-17(9-7-16)14-30-24(32)20-4-2-3-5-21(20)29-25(30)33-15-23(31)28-22-12-19(26)11-10-18(22)13-27/h2-12H,14-15H2,1H3,(H,28,31). The van der Waals surface area contributed by atoms with Crippen molar-refractivity contribution in [2.45, 2.75) is 18.6 Å². The number of thioether (sulfide) groups is 1. The molecule has 1 amide bonds. The lowest BCUT2D eigenvalue weighted by atomic mass is 10.1. The molecule has 0 atom stereocenters. The zero-order valence-electron chi connectivity index (χ0n) is 17.7. The van der Waals surface area contributed by atoms with Crippen LogP contribution in [0.2, 0.25) is 5.02 Å². The number of nitrogens with one attached hydrogen (secondary N) is 1. The molecule has 4 aromatic rings. The minimum atomic E-state index is -0.330. The number of rotatable bonds is 6. The Hall–Kier alpha value is -3.60. The lowest BCUT2D eigenvalue weighted by Gasteiger charge is -2.14. The van der Waals surface area contributed by atoms with Gasteiger partial charge in [0.05, 0.1) is 34.5 Å². The smallest absolute Gasteiger partial charge is 0.262 e. The van der Waals surface area contributed by atoms with Crippen molar-refractivity contribution in [3.63, 3.8) is 0 Å². The SMILES string of the molecule is Cc1ccc(Cn2c(SCC(=O)Nc3cc(Cl)ccc3C#N)nc3ccccc3c2=O)cc1. The minimum absolute atomic E-state index is 0.00998. The molecule has 0 fully saturated rings. The van der Waals surface area contributed by atoms with Gasteiger partial charge in [0.2, 0.25) is 5.91 Å². The molecule has 0 radical (unpaired) electrons. The molecule has 0 aliphatic carbocycles. The maximum Gasteiger partial charge on any atom is 0.262 e. The molecule has 3 aromatic carbocycles. The lowest BCUT2D eigenvalue weighted by molar-refractivity contribution is -0.113. The minimum Gasteiger partial charge on any atom is -0.324 e. The average molecular weight is 475 g/mol.